The summed E-state index contributed by atoms with van der Waals surface area (Å²) in [7, 11) is -4.78. The third-order valence-electron chi connectivity index (χ3n) is 8.68. The highest BCUT2D eigenvalue weighted by molar-refractivity contribution is 7.47. The van der Waals surface area contributed by atoms with Crippen LogP contribution < -0.4 is 5.73 Å². The molecule has 14 heteroatoms. The Hall–Kier alpha value is -3.94. The molecule has 0 aromatic rings. The molecular weight excluding hydrogens is 813 g/mol. The predicted octanol–water partition coefficient (Wildman–Crippen LogP) is 9.78. The molecular formula is C48H76NO12P. The molecule has 0 fully saturated rings. The number of phosphoric ester groups is 1. The fourth-order valence-corrected chi connectivity index (χ4v) is 5.94. The van der Waals surface area contributed by atoms with Crippen LogP contribution in [0.5, 0.6) is 0 Å². The zero-order chi connectivity index (χ0) is 45.9. The van der Waals surface area contributed by atoms with Crippen LogP contribution in [-0.2, 0) is 37.5 Å². The highest BCUT2D eigenvalue weighted by atomic mass is 31.2. The van der Waals surface area contributed by atoms with Crippen LogP contribution >= 0.6 is 7.82 Å². The first kappa shape index (κ1) is 58.1. The van der Waals surface area contributed by atoms with E-state index in [2.05, 4.69) is 35.8 Å². The summed E-state index contributed by atoms with van der Waals surface area (Å²) >= 11 is 0. The molecule has 0 aliphatic rings. The van der Waals surface area contributed by atoms with Crippen LogP contribution in [0, 0.1) is 0 Å². The molecule has 0 heterocycles. The van der Waals surface area contributed by atoms with Gasteiger partial charge in [-0.25, -0.2) is 4.57 Å². The Labute approximate surface area is 371 Å². The zero-order valence-electron chi connectivity index (χ0n) is 37.1. The third-order valence-corrected chi connectivity index (χ3v) is 9.64. The molecule has 0 radical (unpaired) electrons. The van der Waals surface area contributed by atoms with E-state index in [4.69, 9.17) is 24.8 Å². The minimum Gasteiger partial charge on any atom is -0.480 e. The zero-order valence-corrected chi connectivity index (χ0v) is 38.0. The second kappa shape index (κ2) is 41.1. The van der Waals surface area contributed by atoms with Crippen molar-refractivity contribution < 1.29 is 57.7 Å². The number of aliphatic hydroxyl groups is 2. The van der Waals surface area contributed by atoms with E-state index in [1.54, 1.807) is 42.5 Å². The topological polar surface area (TPSA) is 212 Å². The maximum Gasteiger partial charge on any atom is 0.472 e. The highest BCUT2D eigenvalue weighted by Gasteiger charge is 2.28. The van der Waals surface area contributed by atoms with Crippen molar-refractivity contribution in [1.29, 1.82) is 0 Å². The lowest BCUT2D eigenvalue weighted by molar-refractivity contribution is -0.161. The van der Waals surface area contributed by atoms with Gasteiger partial charge in [-0.1, -0.05) is 155 Å². The van der Waals surface area contributed by atoms with Crippen molar-refractivity contribution in [3.8, 4) is 0 Å². The minimum absolute atomic E-state index is 0.0228. The van der Waals surface area contributed by atoms with E-state index < -0.39 is 69.9 Å². The van der Waals surface area contributed by atoms with Crippen molar-refractivity contribution in [2.75, 3.05) is 19.8 Å². The second-order valence-corrected chi connectivity index (χ2v) is 15.9. The Morgan fingerprint density at radius 3 is 1.71 bits per heavy atom. The number of hydrogen-bond acceptors (Lipinski definition) is 11. The molecule has 0 rings (SSSR count). The quantitative estimate of drug-likeness (QED) is 0.0128. The lowest BCUT2D eigenvalue weighted by Gasteiger charge is -2.20. The first-order chi connectivity index (χ1) is 29.9. The molecule has 1 unspecified atom stereocenters. The number of carboxylic acid groups (broad SMARTS) is 1. The lowest BCUT2D eigenvalue weighted by Crippen LogP contribution is -2.34. The molecule has 62 heavy (non-hydrogen) atoms. The number of aliphatic carboxylic acids is 1. The molecule has 0 aromatic heterocycles. The number of hydrogen-bond donors (Lipinski definition) is 5. The Kier molecular flexibility index (Phi) is 38.5. The van der Waals surface area contributed by atoms with Crippen LogP contribution in [0.2, 0.25) is 0 Å². The smallest absolute Gasteiger partial charge is 0.472 e. The fourth-order valence-electron chi connectivity index (χ4n) is 5.16. The number of phosphoric acid groups is 1. The summed E-state index contributed by atoms with van der Waals surface area (Å²) in [6.07, 6.45) is 46.7. The summed E-state index contributed by atoms with van der Waals surface area (Å²) < 4.78 is 32.5. The van der Waals surface area contributed by atoms with Crippen molar-refractivity contribution in [3.63, 3.8) is 0 Å². The molecule has 0 saturated carbocycles. The number of nitrogens with two attached hydrogens (primary N) is 1. The molecule has 0 bridgehead atoms. The molecule has 13 nitrogen and oxygen atoms in total. The molecule has 0 saturated heterocycles. The molecule has 0 aliphatic carbocycles. The Bertz CT molecular complexity index is 1500. The van der Waals surface area contributed by atoms with Gasteiger partial charge in [0.2, 0.25) is 0 Å². The van der Waals surface area contributed by atoms with Crippen molar-refractivity contribution in [3.05, 3.63) is 109 Å². The van der Waals surface area contributed by atoms with Gasteiger partial charge < -0.3 is 35.4 Å². The van der Waals surface area contributed by atoms with E-state index >= 15 is 0 Å². The van der Waals surface area contributed by atoms with Gasteiger partial charge in [0, 0.05) is 12.8 Å². The summed E-state index contributed by atoms with van der Waals surface area (Å²) in [5, 5.41) is 28.8. The summed E-state index contributed by atoms with van der Waals surface area (Å²) in [5.41, 5.74) is 5.32. The number of carbonyl (C=O) groups excluding carboxylic acids is 2. The maximum absolute atomic E-state index is 12.6. The number of unbranched alkanes of at least 4 members (excludes halogenated alkanes) is 7. The monoisotopic (exact) mass is 890 g/mol. The van der Waals surface area contributed by atoms with E-state index in [1.807, 2.05) is 49.5 Å². The second-order valence-electron chi connectivity index (χ2n) is 14.5. The predicted molar refractivity (Wildman–Crippen MR) is 247 cm³/mol. The van der Waals surface area contributed by atoms with Crippen LogP contribution in [0.25, 0.3) is 0 Å². The number of rotatable bonds is 39. The largest absolute Gasteiger partial charge is 0.480 e. The Morgan fingerprint density at radius 2 is 1.11 bits per heavy atom. The summed E-state index contributed by atoms with van der Waals surface area (Å²) in [6, 6.07) is -1.56. The van der Waals surface area contributed by atoms with Crippen molar-refractivity contribution in [2.24, 2.45) is 5.73 Å². The molecule has 0 amide bonds. The van der Waals surface area contributed by atoms with E-state index in [0.717, 1.165) is 25.7 Å². The van der Waals surface area contributed by atoms with Gasteiger partial charge in [0.25, 0.3) is 0 Å². The van der Waals surface area contributed by atoms with Crippen molar-refractivity contribution in [1.82, 2.24) is 0 Å². The fraction of sp³-hybridized carbons (Fsp3) is 0.562. The number of allylic oxidation sites excluding steroid dienone is 14. The van der Waals surface area contributed by atoms with E-state index in [0.29, 0.717) is 38.5 Å². The van der Waals surface area contributed by atoms with Gasteiger partial charge in [-0.05, 0) is 70.6 Å². The number of esters is 2. The van der Waals surface area contributed by atoms with E-state index in [-0.39, 0.29) is 12.8 Å². The molecule has 5 atom stereocenters. The number of carbonyl (C=O) groups is 3. The van der Waals surface area contributed by atoms with Crippen molar-refractivity contribution >= 4 is 25.7 Å². The highest BCUT2D eigenvalue weighted by Crippen LogP contribution is 2.43. The number of aliphatic hydroxyl groups excluding tert-OH is 2. The average Bonchev–Trinajstić information content (AvgIpc) is 3.24. The van der Waals surface area contributed by atoms with Crippen LogP contribution in [-0.4, -0.2) is 82.3 Å². The molecule has 0 aromatic carbocycles. The summed E-state index contributed by atoms with van der Waals surface area (Å²) in [4.78, 5) is 45.9. The van der Waals surface area contributed by atoms with Crippen LogP contribution in [0.3, 0.4) is 0 Å². The Balaban J connectivity index is 4.69. The summed E-state index contributed by atoms with van der Waals surface area (Å²) in [5.74, 6) is -2.65. The van der Waals surface area contributed by atoms with Crippen LogP contribution in [0.1, 0.15) is 129 Å². The van der Waals surface area contributed by atoms with Crippen LogP contribution in [0.4, 0.5) is 0 Å². The SMILES string of the molecule is CC/C=C\C[C@@H](O)/C=C/C=C\C=C\[C@@H](O)C/C=C\C/C=C\CCC(=O)OC[C@H](COP(=O)(O)OC[C@H](N)C(=O)O)OC(=O)CCC/C=C\C/C=C\C/C=C\CCCCCCCC. The number of ether oxygens (including phenoxy) is 2. The third kappa shape index (κ3) is 40.2. The maximum atomic E-state index is 12.6. The van der Waals surface area contributed by atoms with Gasteiger partial charge in [0.05, 0.1) is 25.4 Å². The summed E-state index contributed by atoms with van der Waals surface area (Å²) in [6.45, 7) is 2.35. The standard InChI is InChI=1S/C48H76NO12P/c1-3-5-7-8-9-10-11-12-13-14-15-16-17-18-19-24-32-38-47(53)61-44(40-59-62(56,57)60-41-45(49)48(54)55)39-58-46(52)37-31-23-21-20-22-28-34-43(51)36-30-26-25-29-35-42(50)33-27-6-4-2/h6,12-13,15-16,18-19,21-23,25-30,35-36,42-45,50-51H,3-5,7-11,14,17,20,24,31-34,37-41,49H2,1-2H3,(H,54,55)(H,56,57)/b13-12-,16-15-,19-18-,23-21-,26-25-,27-6-,28-22-,35-29+,36-30+/t42-,43+,44-,45+/m1/s1. The first-order valence-electron chi connectivity index (χ1n) is 22.1. The van der Waals surface area contributed by atoms with Gasteiger partial charge in [-0.3, -0.25) is 23.4 Å². The molecule has 6 N–H and O–H groups in total. The van der Waals surface area contributed by atoms with Crippen LogP contribution in [0.15, 0.2) is 109 Å². The molecule has 0 spiro atoms. The first-order valence-corrected chi connectivity index (χ1v) is 23.6. The Morgan fingerprint density at radius 1 is 0.597 bits per heavy atom. The molecule has 350 valence electrons. The van der Waals surface area contributed by atoms with E-state index in [9.17, 15) is 34.1 Å². The normalized spacial score (nSPS) is 15.7. The van der Waals surface area contributed by atoms with Crippen molar-refractivity contribution in [2.45, 2.75) is 154 Å². The minimum atomic E-state index is -4.78. The van der Waals surface area contributed by atoms with Gasteiger partial charge in [-0.15, -0.1) is 0 Å². The van der Waals surface area contributed by atoms with Gasteiger partial charge in [0.15, 0.2) is 6.10 Å². The number of carboxylic acids is 1. The average molecular weight is 890 g/mol. The molecule has 0 aliphatic heterocycles. The van der Waals surface area contributed by atoms with E-state index in [1.165, 1.54) is 38.5 Å². The van der Waals surface area contributed by atoms with Gasteiger partial charge in [-0.2, -0.15) is 0 Å². The van der Waals surface area contributed by atoms with Gasteiger partial charge >= 0.3 is 25.7 Å². The lowest BCUT2D eigenvalue weighted by atomic mass is 10.1. The van der Waals surface area contributed by atoms with Gasteiger partial charge in [0.1, 0.15) is 12.6 Å².